The minimum Gasteiger partial charge on any atom is -0.373 e. The first-order valence-electron chi connectivity index (χ1n) is 5.51. The molecule has 1 N–H and O–H groups in total. The van der Waals surface area contributed by atoms with Crippen LogP contribution in [0.3, 0.4) is 0 Å². The summed E-state index contributed by atoms with van der Waals surface area (Å²) in [5.41, 5.74) is 1.49. The molecule has 17 heavy (non-hydrogen) atoms. The summed E-state index contributed by atoms with van der Waals surface area (Å²) in [5.74, 6) is 0.731. The molecular weight excluding hydrogens is 239 g/mol. The molecule has 0 saturated heterocycles. The topological polar surface area (TPSA) is 24.9 Å². The van der Waals surface area contributed by atoms with Crippen molar-refractivity contribution in [3.05, 3.63) is 34.6 Å². The second-order valence-electron chi connectivity index (χ2n) is 4.26. The van der Waals surface area contributed by atoms with E-state index in [0.29, 0.717) is 15.9 Å². The maximum atomic E-state index is 13.7. The van der Waals surface area contributed by atoms with Gasteiger partial charge in [-0.05, 0) is 29.7 Å². The number of nitrogens with one attached hydrogen (secondary N) is 1. The minimum absolute atomic E-state index is 0.271. The first kappa shape index (κ1) is 12.1. The van der Waals surface area contributed by atoms with Gasteiger partial charge in [0.2, 0.25) is 0 Å². The quantitative estimate of drug-likeness (QED) is 0.867. The molecule has 0 bridgehead atoms. The van der Waals surface area contributed by atoms with Crippen LogP contribution in [0.25, 0.3) is 10.9 Å². The van der Waals surface area contributed by atoms with Gasteiger partial charge in [0.15, 0.2) is 0 Å². The molecule has 0 amide bonds. The third kappa shape index (κ3) is 2.07. The molecule has 0 aliphatic rings. The van der Waals surface area contributed by atoms with Gasteiger partial charge in [-0.3, -0.25) is 0 Å². The molecule has 4 heteroatoms. The van der Waals surface area contributed by atoms with Crippen LogP contribution in [0.2, 0.25) is 5.02 Å². The first-order chi connectivity index (χ1) is 8.04. The van der Waals surface area contributed by atoms with Crippen molar-refractivity contribution in [2.24, 2.45) is 0 Å². The highest BCUT2D eigenvalue weighted by Crippen LogP contribution is 2.31. The predicted molar refractivity (Wildman–Crippen MR) is 70.3 cm³/mol. The van der Waals surface area contributed by atoms with Gasteiger partial charge in [0.25, 0.3) is 0 Å². The Bertz CT molecular complexity index is 567. The van der Waals surface area contributed by atoms with Crippen molar-refractivity contribution in [3.63, 3.8) is 0 Å². The van der Waals surface area contributed by atoms with Crippen LogP contribution in [0.15, 0.2) is 18.2 Å². The number of halogens is 2. The molecule has 2 rings (SSSR count). The van der Waals surface area contributed by atoms with Crippen LogP contribution in [-0.2, 0) is 0 Å². The molecule has 0 radical (unpaired) electrons. The fourth-order valence-corrected chi connectivity index (χ4v) is 2.06. The summed E-state index contributed by atoms with van der Waals surface area (Å²) in [7, 11) is 1.80. The molecule has 1 aromatic carbocycles. The molecule has 1 aromatic heterocycles. The average molecular weight is 253 g/mol. The first-order valence-corrected chi connectivity index (χ1v) is 5.88. The van der Waals surface area contributed by atoms with Gasteiger partial charge in [0.05, 0.1) is 10.5 Å². The molecule has 2 aromatic rings. The van der Waals surface area contributed by atoms with Crippen molar-refractivity contribution < 1.29 is 4.39 Å². The number of aromatic nitrogens is 1. The van der Waals surface area contributed by atoms with Crippen molar-refractivity contribution in [2.75, 3.05) is 12.4 Å². The van der Waals surface area contributed by atoms with Crippen LogP contribution in [0, 0.1) is 5.82 Å². The molecule has 0 atom stereocenters. The second-order valence-corrected chi connectivity index (χ2v) is 4.66. The fraction of sp³-hybridized carbons (Fsp3) is 0.308. The van der Waals surface area contributed by atoms with Crippen LogP contribution in [-0.4, -0.2) is 12.0 Å². The number of anilines is 1. The third-order valence-electron chi connectivity index (χ3n) is 2.77. The zero-order valence-electron chi connectivity index (χ0n) is 10.0. The Morgan fingerprint density at radius 3 is 2.65 bits per heavy atom. The van der Waals surface area contributed by atoms with Crippen molar-refractivity contribution in [1.82, 2.24) is 4.98 Å². The predicted octanol–water partition coefficient (Wildman–Crippen LogP) is 4.19. The molecule has 0 aliphatic carbocycles. The second kappa shape index (κ2) is 4.49. The lowest BCUT2D eigenvalue weighted by atomic mass is 10.0. The van der Waals surface area contributed by atoms with Crippen molar-refractivity contribution in [3.8, 4) is 0 Å². The zero-order chi connectivity index (χ0) is 12.6. The highest BCUT2D eigenvalue weighted by atomic mass is 35.5. The number of hydrogen-bond acceptors (Lipinski definition) is 2. The van der Waals surface area contributed by atoms with E-state index in [1.54, 1.807) is 7.05 Å². The van der Waals surface area contributed by atoms with E-state index in [-0.39, 0.29) is 11.7 Å². The average Bonchev–Trinajstić information content (AvgIpc) is 2.32. The molecule has 0 unspecified atom stereocenters. The number of pyridine rings is 1. The lowest BCUT2D eigenvalue weighted by Gasteiger charge is -2.13. The van der Waals surface area contributed by atoms with E-state index in [4.69, 9.17) is 11.6 Å². The smallest absolute Gasteiger partial charge is 0.132 e. The fourth-order valence-electron chi connectivity index (χ4n) is 1.85. The third-order valence-corrected chi connectivity index (χ3v) is 3.08. The van der Waals surface area contributed by atoms with Gasteiger partial charge in [-0.25, -0.2) is 9.37 Å². The molecule has 0 spiro atoms. The lowest BCUT2D eigenvalue weighted by molar-refractivity contribution is 0.639. The molecule has 0 saturated carbocycles. The highest BCUT2D eigenvalue weighted by Gasteiger charge is 2.13. The van der Waals surface area contributed by atoms with E-state index in [9.17, 15) is 4.39 Å². The van der Waals surface area contributed by atoms with Crippen molar-refractivity contribution >= 4 is 28.3 Å². The number of fused-ring (bicyclic) bond motifs is 1. The Balaban J connectivity index is 2.83. The lowest BCUT2D eigenvalue weighted by Crippen LogP contribution is -2.01. The Kier molecular flexibility index (Phi) is 3.20. The van der Waals surface area contributed by atoms with Gasteiger partial charge in [-0.15, -0.1) is 0 Å². The summed E-state index contributed by atoms with van der Waals surface area (Å²) < 4.78 is 13.7. The van der Waals surface area contributed by atoms with Gasteiger partial charge in [0, 0.05) is 12.4 Å². The summed E-state index contributed by atoms with van der Waals surface area (Å²) in [4.78, 5) is 4.39. The molecule has 0 fully saturated rings. The molecule has 0 aliphatic heterocycles. The van der Waals surface area contributed by atoms with Gasteiger partial charge in [0.1, 0.15) is 11.6 Å². The summed E-state index contributed by atoms with van der Waals surface area (Å²) in [5, 5.41) is 3.96. The molecule has 2 nitrogen and oxygen atoms in total. The zero-order valence-corrected chi connectivity index (χ0v) is 10.8. The van der Waals surface area contributed by atoms with E-state index in [1.165, 1.54) is 12.1 Å². The Morgan fingerprint density at radius 2 is 2.06 bits per heavy atom. The van der Waals surface area contributed by atoms with Gasteiger partial charge < -0.3 is 5.32 Å². The summed E-state index contributed by atoms with van der Waals surface area (Å²) in [6.07, 6.45) is 0. The van der Waals surface area contributed by atoms with Crippen LogP contribution >= 0.6 is 11.6 Å². The SMILES string of the molecule is CNc1nc2c(Cl)ccc(F)c2cc1C(C)C. The van der Waals surface area contributed by atoms with Crippen LogP contribution in [0.4, 0.5) is 10.2 Å². The van der Waals surface area contributed by atoms with E-state index in [1.807, 2.05) is 19.9 Å². The summed E-state index contributed by atoms with van der Waals surface area (Å²) in [6, 6.07) is 4.72. The number of hydrogen-bond donors (Lipinski definition) is 1. The van der Waals surface area contributed by atoms with Crippen molar-refractivity contribution in [1.29, 1.82) is 0 Å². The standard InChI is InChI=1S/C13H14ClFN2/c1-7(2)8-6-9-11(15)5-4-10(14)12(9)17-13(8)16-3/h4-7H,1-3H3,(H,16,17). The Morgan fingerprint density at radius 1 is 1.35 bits per heavy atom. The van der Waals surface area contributed by atoms with E-state index >= 15 is 0 Å². The Hall–Kier alpha value is -1.35. The molecular formula is C13H14ClFN2. The van der Waals surface area contributed by atoms with Crippen molar-refractivity contribution in [2.45, 2.75) is 19.8 Å². The molecule has 1 heterocycles. The molecule has 90 valence electrons. The largest absolute Gasteiger partial charge is 0.373 e. The number of rotatable bonds is 2. The van der Waals surface area contributed by atoms with E-state index in [0.717, 1.165) is 11.4 Å². The monoisotopic (exact) mass is 252 g/mol. The summed E-state index contributed by atoms with van der Waals surface area (Å²) in [6.45, 7) is 4.10. The van der Waals surface area contributed by atoms with Crippen LogP contribution < -0.4 is 5.32 Å². The number of nitrogens with zero attached hydrogens (tertiary/aromatic N) is 1. The van der Waals surface area contributed by atoms with Crippen LogP contribution in [0.5, 0.6) is 0 Å². The van der Waals surface area contributed by atoms with E-state index in [2.05, 4.69) is 10.3 Å². The van der Waals surface area contributed by atoms with Gasteiger partial charge in [-0.2, -0.15) is 0 Å². The minimum atomic E-state index is -0.290. The van der Waals surface area contributed by atoms with E-state index < -0.39 is 0 Å². The normalized spacial score (nSPS) is 11.2. The van der Waals surface area contributed by atoms with Gasteiger partial charge in [-0.1, -0.05) is 25.4 Å². The maximum absolute atomic E-state index is 13.7. The highest BCUT2D eigenvalue weighted by molar-refractivity contribution is 6.35. The Labute approximate surface area is 105 Å². The van der Waals surface area contributed by atoms with Crippen LogP contribution in [0.1, 0.15) is 25.3 Å². The maximum Gasteiger partial charge on any atom is 0.132 e. The number of benzene rings is 1. The summed E-state index contributed by atoms with van der Waals surface area (Å²) >= 11 is 6.03. The van der Waals surface area contributed by atoms with Gasteiger partial charge >= 0.3 is 0 Å².